The molecule has 0 aromatic heterocycles. The second kappa shape index (κ2) is 8.79. The van der Waals surface area contributed by atoms with Gasteiger partial charge < -0.3 is 4.74 Å². The summed E-state index contributed by atoms with van der Waals surface area (Å²) in [4.78, 5) is 0. The fraction of sp³-hybridized carbons (Fsp3) is 0.167. The summed E-state index contributed by atoms with van der Waals surface area (Å²) in [7, 11) is 0. The lowest BCUT2D eigenvalue weighted by atomic mass is 10.00. The summed E-state index contributed by atoms with van der Waals surface area (Å²) in [5.41, 5.74) is 0.802. The van der Waals surface area contributed by atoms with Crippen LogP contribution in [-0.4, -0.2) is 6.61 Å². The van der Waals surface area contributed by atoms with Crippen LogP contribution < -0.4 is 4.74 Å². The lowest BCUT2D eigenvalue weighted by molar-refractivity contribution is 0.363. The maximum Gasteiger partial charge on any atom is 0.166 e. The summed E-state index contributed by atoms with van der Waals surface area (Å²) < 4.78 is 49.2. The smallest absolute Gasteiger partial charge is 0.166 e. The standard InChI is InChI=1S/C24H21F3O/c1-3-5-16-6-7-18-15-19(10-13-21(18)22(16)25)24(27)23(26)17-8-11-20(12-9-17)28-14-4-2/h4,6-13,15H,2-3,5,14H2,1H3. The topological polar surface area (TPSA) is 9.23 Å². The number of hydrogen-bond acceptors (Lipinski definition) is 1. The number of ether oxygens (including phenoxy) is 1. The molecule has 0 spiro atoms. The van der Waals surface area contributed by atoms with E-state index in [-0.39, 0.29) is 16.9 Å². The molecule has 0 aliphatic rings. The summed E-state index contributed by atoms with van der Waals surface area (Å²) in [5.74, 6) is -1.72. The molecule has 0 heterocycles. The summed E-state index contributed by atoms with van der Waals surface area (Å²) in [6.07, 6.45) is 3.07. The van der Waals surface area contributed by atoms with Gasteiger partial charge in [0, 0.05) is 16.5 Å². The Morgan fingerprint density at radius 2 is 1.64 bits per heavy atom. The molecule has 0 saturated heterocycles. The van der Waals surface area contributed by atoms with Crippen molar-refractivity contribution in [1.29, 1.82) is 0 Å². The predicted octanol–water partition coefficient (Wildman–Crippen LogP) is 7.26. The average Bonchev–Trinajstić information content (AvgIpc) is 2.73. The molecule has 0 radical (unpaired) electrons. The van der Waals surface area contributed by atoms with Gasteiger partial charge in [0.15, 0.2) is 11.7 Å². The van der Waals surface area contributed by atoms with E-state index in [4.69, 9.17) is 4.74 Å². The number of benzene rings is 3. The van der Waals surface area contributed by atoms with E-state index in [0.717, 1.165) is 6.42 Å². The molecule has 0 saturated carbocycles. The molecule has 0 amide bonds. The van der Waals surface area contributed by atoms with Gasteiger partial charge in [-0.2, -0.15) is 0 Å². The van der Waals surface area contributed by atoms with E-state index in [1.165, 1.54) is 30.3 Å². The summed E-state index contributed by atoms with van der Waals surface area (Å²) >= 11 is 0. The van der Waals surface area contributed by atoms with E-state index in [1.54, 1.807) is 30.3 Å². The number of aryl methyl sites for hydroxylation is 1. The zero-order valence-corrected chi connectivity index (χ0v) is 15.6. The number of hydrogen-bond donors (Lipinski definition) is 0. The van der Waals surface area contributed by atoms with Gasteiger partial charge >= 0.3 is 0 Å². The molecule has 0 aliphatic carbocycles. The van der Waals surface area contributed by atoms with Crippen LogP contribution in [0, 0.1) is 5.82 Å². The first kappa shape index (κ1) is 19.7. The molecule has 28 heavy (non-hydrogen) atoms. The van der Waals surface area contributed by atoms with E-state index in [9.17, 15) is 13.2 Å². The van der Waals surface area contributed by atoms with Crippen LogP contribution in [0.25, 0.3) is 22.4 Å². The second-order valence-corrected chi connectivity index (χ2v) is 6.48. The van der Waals surface area contributed by atoms with Crippen LogP contribution in [0.4, 0.5) is 13.2 Å². The third-order valence-electron chi connectivity index (χ3n) is 4.48. The first-order chi connectivity index (χ1) is 13.5. The minimum Gasteiger partial charge on any atom is -0.490 e. The van der Waals surface area contributed by atoms with Gasteiger partial charge in [0.1, 0.15) is 18.2 Å². The highest BCUT2D eigenvalue weighted by Gasteiger charge is 2.14. The quantitative estimate of drug-likeness (QED) is 0.309. The molecule has 0 atom stereocenters. The fourth-order valence-electron chi connectivity index (χ4n) is 3.04. The van der Waals surface area contributed by atoms with Crippen molar-refractivity contribution in [3.8, 4) is 5.75 Å². The van der Waals surface area contributed by atoms with Gasteiger partial charge in [-0.1, -0.05) is 50.3 Å². The van der Waals surface area contributed by atoms with Crippen molar-refractivity contribution in [3.63, 3.8) is 0 Å². The van der Waals surface area contributed by atoms with Crippen molar-refractivity contribution in [3.05, 3.63) is 89.8 Å². The molecule has 0 fully saturated rings. The zero-order chi connectivity index (χ0) is 20.1. The maximum atomic E-state index is 14.7. The molecule has 0 N–H and O–H groups in total. The van der Waals surface area contributed by atoms with E-state index >= 15 is 0 Å². The second-order valence-electron chi connectivity index (χ2n) is 6.48. The Morgan fingerprint density at radius 3 is 2.32 bits per heavy atom. The van der Waals surface area contributed by atoms with Crippen molar-refractivity contribution >= 4 is 22.4 Å². The molecular formula is C24H21F3O. The number of fused-ring (bicyclic) bond motifs is 1. The maximum absolute atomic E-state index is 14.7. The Hall–Kier alpha value is -3.01. The van der Waals surface area contributed by atoms with Crippen molar-refractivity contribution in [2.45, 2.75) is 19.8 Å². The van der Waals surface area contributed by atoms with E-state index in [0.29, 0.717) is 35.1 Å². The Balaban J connectivity index is 1.93. The highest BCUT2D eigenvalue weighted by atomic mass is 19.2. The van der Waals surface area contributed by atoms with Crippen LogP contribution in [-0.2, 0) is 6.42 Å². The minimum atomic E-state index is -0.986. The lowest BCUT2D eigenvalue weighted by Gasteiger charge is -2.08. The Bertz CT molecular complexity index is 1020. The lowest BCUT2D eigenvalue weighted by Crippen LogP contribution is -1.93. The van der Waals surface area contributed by atoms with E-state index < -0.39 is 11.7 Å². The Labute approximate surface area is 162 Å². The highest BCUT2D eigenvalue weighted by Crippen LogP contribution is 2.32. The number of halogens is 3. The molecule has 3 aromatic rings. The van der Waals surface area contributed by atoms with Crippen LogP contribution in [0.2, 0.25) is 0 Å². The van der Waals surface area contributed by atoms with Crippen LogP contribution in [0.1, 0.15) is 30.0 Å². The van der Waals surface area contributed by atoms with Gasteiger partial charge in [0.25, 0.3) is 0 Å². The molecule has 3 aromatic carbocycles. The average molecular weight is 382 g/mol. The van der Waals surface area contributed by atoms with Gasteiger partial charge in [-0.25, -0.2) is 13.2 Å². The molecule has 0 bridgehead atoms. The van der Waals surface area contributed by atoms with Gasteiger partial charge in [-0.05, 0) is 47.7 Å². The molecule has 3 rings (SSSR count). The van der Waals surface area contributed by atoms with Crippen LogP contribution in [0.5, 0.6) is 5.75 Å². The first-order valence-corrected chi connectivity index (χ1v) is 9.16. The Morgan fingerprint density at radius 1 is 0.964 bits per heavy atom. The molecule has 0 aliphatic heterocycles. The summed E-state index contributed by atoms with van der Waals surface area (Å²) in [6, 6.07) is 13.8. The Kier molecular flexibility index (Phi) is 6.19. The van der Waals surface area contributed by atoms with Gasteiger partial charge in [-0.3, -0.25) is 0 Å². The van der Waals surface area contributed by atoms with E-state index in [2.05, 4.69) is 6.58 Å². The number of rotatable bonds is 7. The molecular weight excluding hydrogens is 361 g/mol. The molecule has 1 nitrogen and oxygen atoms in total. The zero-order valence-electron chi connectivity index (χ0n) is 15.6. The largest absolute Gasteiger partial charge is 0.490 e. The van der Waals surface area contributed by atoms with Crippen molar-refractivity contribution in [1.82, 2.24) is 0 Å². The van der Waals surface area contributed by atoms with Gasteiger partial charge in [-0.15, -0.1) is 0 Å². The van der Waals surface area contributed by atoms with Crippen molar-refractivity contribution in [2.75, 3.05) is 6.61 Å². The molecule has 4 heteroatoms. The van der Waals surface area contributed by atoms with Crippen molar-refractivity contribution in [2.24, 2.45) is 0 Å². The molecule has 144 valence electrons. The van der Waals surface area contributed by atoms with Gasteiger partial charge in [0.05, 0.1) is 0 Å². The summed E-state index contributed by atoms with van der Waals surface area (Å²) in [5, 5.41) is 0.942. The van der Waals surface area contributed by atoms with Crippen LogP contribution >= 0.6 is 0 Å². The minimum absolute atomic E-state index is 0.0691. The molecule has 0 unspecified atom stereocenters. The summed E-state index contributed by atoms with van der Waals surface area (Å²) in [6.45, 7) is 5.87. The normalized spacial score (nSPS) is 12.0. The third-order valence-corrected chi connectivity index (χ3v) is 4.48. The first-order valence-electron chi connectivity index (χ1n) is 9.16. The van der Waals surface area contributed by atoms with Gasteiger partial charge in [0.2, 0.25) is 0 Å². The fourth-order valence-corrected chi connectivity index (χ4v) is 3.04. The predicted molar refractivity (Wildman–Crippen MR) is 109 cm³/mol. The SMILES string of the molecule is C=CCOc1ccc(C(F)=C(F)c2ccc3c(F)c(CCC)ccc3c2)cc1. The van der Waals surface area contributed by atoms with Crippen LogP contribution in [0.15, 0.2) is 67.3 Å². The van der Waals surface area contributed by atoms with E-state index in [1.807, 2.05) is 6.92 Å². The monoisotopic (exact) mass is 382 g/mol. The van der Waals surface area contributed by atoms with Crippen molar-refractivity contribution < 1.29 is 17.9 Å². The highest BCUT2D eigenvalue weighted by molar-refractivity contribution is 5.90. The third kappa shape index (κ3) is 4.11. The van der Waals surface area contributed by atoms with Crippen LogP contribution in [0.3, 0.4) is 0 Å².